The molecule has 0 radical (unpaired) electrons. The summed E-state index contributed by atoms with van der Waals surface area (Å²) in [5.74, 6) is -0.133. The lowest BCUT2D eigenvalue weighted by molar-refractivity contribution is -0.120. The number of hydrogen-bond donors (Lipinski definition) is 3. The topological polar surface area (TPSA) is 70.2 Å². The molecule has 0 bridgehead atoms. The van der Waals surface area contributed by atoms with E-state index in [2.05, 4.69) is 29.8 Å². The first-order valence-corrected chi connectivity index (χ1v) is 6.49. The molecule has 5 nitrogen and oxygen atoms in total. The van der Waals surface area contributed by atoms with E-state index in [4.69, 9.17) is 0 Å². The van der Waals surface area contributed by atoms with Crippen molar-refractivity contribution in [3.8, 4) is 0 Å². The van der Waals surface area contributed by atoms with Gasteiger partial charge in [0.1, 0.15) is 0 Å². The van der Waals surface area contributed by atoms with Crippen molar-refractivity contribution in [2.24, 2.45) is 0 Å². The summed E-state index contributed by atoms with van der Waals surface area (Å²) in [5, 5.41) is 7.96. The van der Waals surface area contributed by atoms with E-state index >= 15 is 0 Å². The first-order valence-electron chi connectivity index (χ1n) is 6.49. The molecule has 3 amide bonds. The molecule has 100 valence electrons. The maximum Gasteiger partial charge on any atom is 0.315 e. The van der Waals surface area contributed by atoms with Gasteiger partial charge in [-0.2, -0.15) is 0 Å². The van der Waals surface area contributed by atoms with Crippen LogP contribution in [-0.2, 0) is 4.79 Å². The first kappa shape index (κ1) is 15.7. The summed E-state index contributed by atoms with van der Waals surface area (Å²) in [6.07, 6.45) is 5.24. The Morgan fingerprint density at radius 2 is 1.47 bits per heavy atom. The van der Waals surface area contributed by atoms with E-state index in [0.717, 1.165) is 32.1 Å². The van der Waals surface area contributed by atoms with Gasteiger partial charge in [0.2, 0.25) is 5.91 Å². The number of amides is 3. The van der Waals surface area contributed by atoms with Gasteiger partial charge in [0.25, 0.3) is 0 Å². The van der Waals surface area contributed by atoms with Gasteiger partial charge >= 0.3 is 6.03 Å². The van der Waals surface area contributed by atoms with Crippen LogP contribution in [0.2, 0.25) is 0 Å². The molecule has 0 spiro atoms. The van der Waals surface area contributed by atoms with Crippen molar-refractivity contribution in [3.63, 3.8) is 0 Å². The van der Waals surface area contributed by atoms with Gasteiger partial charge in [-0.3, -0.25) is 4.79 Å². The fourth-order valence-corrected chi connectivity index (χ4v) is 1.27. The van der Waals surface area contributed by atoms with Crippen LogP contribution in [0.5, 0.6) is 0 Å². The van der Waals surface area contributed by atoms with Gasteiger partial charge in [-0.05, 0) is 12.8 Å². The van der Waals surface area contributed by atoms with Gasteiger partial charge in [-0.25, -0.2) is 4.79 Å². The molecule has 0 saturated heterocycles. The lowest BCUT2D eigenvalue weighted by Crippen LogP contribution is -2.42. The second-order valence-electron chi connectivity index (χ2n) is 4.02. The average Bonchev–Trinajstić information content (AvgIpc) is 2.32. The summed E-state index contributed by atoms with van der Waals surface area (Å²) in [6, 6.07) is -0.276. The number of rotatable bonds is 9. The van der Waals surface area contributed by atoms with Crippen molar-refractivity contribution >= 4 is 11.9 Å². The summed E-state index contributed by atoms with van der Waals surface area (Å²) in [7, 11) is 0. The van der Waals surface area contributed by atoms with Gasteiger partial charge < -0.3 is 16.0 Å². The number of urea groups is 1. The van der Waals surface area contributed by atoms with E-state index in [1.54, 1.807) is 0 Å². The highest BCUT2D eigenvalue weighted by Gasteiger charge is 2.03. The van der Waals surface area contributed by atoms with Crippen LogP contribution < -0.4 is 16.0 Å². The van der Waals surface area contributed by atoms with E-state index in [1.807, 2.05) is 0 Å². The van der Waals surface area contributed by atoms with Crippen LogP contribution >= 0.6 is 0 Å². The maximum absolute atomic E-state index is 11.3. The summed E-state index contributed by atoms with van der Waals surface area (Å²) >= 11 is 0. The normalized spacial score (nSPS) is 9.76. The lowest BCUT2D eigenvalue weighted by atomic mass is 10.2. The Bertz CT molecular complexity index is 220. The molecule has 0 saturated carbocycles. The highest BCUT2D eigenvalue weighted by molar-refractivity contribution is 5.83. The molecule has 0 aliphatic carbocycles. The molecule has 0 aliphatic heterocycles. The zero-order valence-corrected chi connectivity index (χ0v) is 11.0. The molecule has 0 rings (SSSR count). The van der Waals surface area contributed by atoms with Crippen molar-refractivity contribution in [2.75, 3.05) is 19.6 Å². The molecule has 0 unspecified atom stereocenters. The second-order valence-corrected chi connectivity index (χ2v) is 4.02. The predicted octanol–water partition coefficient (Wildman–Crippen LogP) is 1.39. The second kappa shape index (κ2) is 11.2. The summed E-state index contributed by atoms with van der Waals surface area (Å²) in [6.45, 7) is 5.56. The molecule has 0 fully saturated rings. The summed E-state index contributed by atoms with van der Waals surface area (Å²) < 4.78 is 0. The van der Waals surface area contributed by atoms with E-state index < -0.39 is 0 Å². The number of carbonyl (C=O) groups is 2. The first-order chi connectivity index (χ1) is 8.20. The van der Waals surface area contributed by atoms with Crippen molar-refractivity contribution < 1.29 is 9.59 Å². The maximum atomic E-state index is 11.3. The SMILES string of the molecule is CCCCCNC(=O)CNC(=O)NCCCC. The molecule has 0 aromatic heterocycles. The molecule has 5 heteroatoms. The predicted molar refractivity (Wildman–Crippen MR) is 68.8 cm³/mol. The molecule has 0 atom stereocenters. The van der Waals surface area contributed by atoms with Crippen LogP contribution in [0.1, 0.15) is 46.0 Å². The zero-order chi connectivity index (χ0) is 12.9. The molecule has 3 N–H and O–H groups in total. The standard InChI is InChI=1S/C12H25N3O2/c1-3-5-7-9-13-11(16)10-15-12(17)14-8-6-4-2/h3-10H2,1-2H3,(H,13,16)(H2,14,15,17). The van der Waals surface area contributed by atoms with Crippen LogP contribution in [0, 0.1) is 0 Å². The highest BCUT2D eigenvalue weighted by Crippen LogP contribution is 1.90. The third-order valence-electron chi connectivity index (χ3n) is 2.33. The molecule has 0 aromatic carbocycles. The number of hydrogen-bond acceptors (Lipinski definition) is 2. The summed E-state index contributed by atoms with van der Waals surface area (Å²) in [4.78, 5) is 22.5. The Labute approximate surface area is 104 Å². The Balaban J connectivity index is 3.39. The fraction of sp³-hybridized carbons (Fsp3) is 0.833. The van der Waals surface area contributed by atoms with Crippen LogP contribution in [0.25, 0.3) is 0 Å². The summed E-state index contributed by atoms with van der Waals surface area (Å²) in [5.41, 5.74) is 0. The van der Waals surface area contributed by atoms with E-state index in [9.17, 15) is 9.59 Å². The lowest BCUT2D eigenvalue weighted by Gasteiger charge is -2.07. The van der Waals surface area contributed by atoms with Gasteiger partial charge in [-0.15, -0.1) is 0 Å². The van der Waals surface area contributed by atoms with Gasteiger partial charge in [0.15, 0.2) is 0 Å². The highest BCUT2D eigenvalue weighted by atomic mass is 16.2. The minimum Gasteiger partial charge on any atom is -0.355 e. The van der Waals surface area contributed by atoms with Gasteiger partial charge in [0.05, 0.1) is 6.54 Å². The molecule has 17 heavy (non-hydrogen) atoms. The van der Waals surface area contributed by atoms with Crippen molar-refractivity contribution in [1.82, 2.24) is 16.0 Å². The van der Waals surface area contributed by atoms with Crippen LogP contribution in [0.3, 0.4) is 0 Å². The Kier molecular flexibility index (Phi) is 10.4. The van der Waals surface area contributed by atoms with Crippen molar-refractivity contribution in [2.45, 2.75) is 46.0 Å². The molecule has 0 aromatic rings. The third kappa shape index (κ3) is 11.0. The van der Waals surface area contributed by atoms with Crippen LogP contribution in [0.4, 0.5) is 4.79 Å². The Morgan fingerprint density at radius 1 is 0.824 bits per heavy atom. The smallest absolute Gasteiger partial charge is 0.315 e. The molecular weight excluding hydrogens is 218 g/mol. The molecule has 0 heterocycles. The number of unbranched alkanes of at least 4 members (excludes halogenated alkanes) is 3. The van der Waals surface area contributed by atoms with E-state index in [-0.39, 0.29) is 18.5 Å². The fourth-order valence-electron chi connectivity index (χ4n) is 1.27. The largest absolute Gasteiger partial charge is 0.355 e. The number of nitrogens with one attached hydrogen (secondary N) is 3. The Morgan fingerprint density at radius 3 is 2.12 bits per heavy atom. The number of carbonyl (C=O) groups excluding carboxylic acids is 2. The van der Waals surface area contributed by atoms with Crippen molar-refractivity contribution in [3.05, 3.63) is 0 Å². The van der Waals surface area contributed by atoms with E-state index in [1.165, 1.54) is 0 Å². The van der Waals surface area contributed by atoms with Gasteiger partial charge in [-0.1, -0.05) is 33.1 Å². The van der Waals surface area contributed by atoms with Gasteiger partial charge in [0, 0.05) is 13.1 Å². The minimum absolute atomic E-state index is 0.0457. The average molecular weight is 243 g/mol. The molecule has 0 aliphatic rings. The minimum atomic E-state index is -0.276. The third-order valence-corrected chi connectivity index (χ3v) is 2.33. The monoisotopic (exact) mass is 243 g/mol. The quantitative estimate of drug-likeness (QED) is 0.536. The van der Waals surface area contributed by atoms with E-state index in [0.29, 0.717) is 13.1 Å². The Hall–Kier alpha value is -1.26. The van der Waals surface area contributed by atoms with Crippen LogP contribution in [0.15, 0.2) is 0 Å². The zero-order valence-electron chi connectivity index (χ0n) is 11.0. The van der Waals surface area contributed by atoms with Crippen molar-refractivity contribution in [1.29, 1.82) is 0 Å². The molecular formula is C12H25N3O2. The van der Waals surface area contributed by atoms with Crippen LogP contribution in [-0.4, -0.2) is 31.6 Å².